The summed E-state index contributed by atoms with van der Waals surface area (Å²) < 4.78 is 75.7. The van der Waals surface area contributed by atoms with E-state index < -0.39 is 28.2 Å². The van der Waals surface area contributed by atoms with E-state index in [9.17, 15) is 25.9 Å². The Balaban J connectivity index is 0.000000389. The van der Waals surface area contributed by atoms with E-state index >= 15 is 0 Å². The van der Waals surface area contributed by atoms with E-state index in [-0.39, 0.29) is 28.7 Å². The SMILES string of the molecule is COc1ccccc1P(c1ccccc1OC)c1ccccc1S(=O)(=O)O.O=S(=O)([O-])c1ccccc1.[Li+]. The summed E-state index contributed by atoms with van der Waals surface area (Å²) in [5.74, 6) is 1.28. The molecule has 4 aromatic carbocycles. The van der Waals surface area contributed by atoms with Crippen LogP contribution in [0.15, 0.2) is 113 Å². The topological polar surface area (TPSA) is 130 Å². The minimum absolute atomic E-state index is 0. The average molecular weight is 567 g/mol. The van der Waals surface area contributed by atoms with Crippen LogP contribution >= 0.6 is 7.92 Å². The summed E-state index contributed by atoms with van der Waals surface area (Å²) in [5.41, 5.74) is 0. The summed E-state index contributed by atoms with van der Waals surface area (Å²) in [6.07, 6.45) is 0. The largest absolute Gasteiger partial charge is 1.00 e. The van der Waals surface area contributed by atoms with Crippen molar-refractivity contribution >= 4 is 44.1 Å². The number of methoxy groups -OCH3 is 2. The molecule has 0 bridgehead atoms. The van der Waals surface area contributed by atoms with Crippen LogP contribution in [0.1, 0.15) is 0 Å². The van der Waals surface area contributed by atoms with Gasteiger partial charge in [0.05, 0.1) is 19.1 Å². The molecule has 0 aliphatic rings. The third-order valence-electron chi connectivity index (χ3n) is 5.07. The minimum Gasteiger partial charge on any atom is -0.744 e. The van der Waals surface area contributed by atoms with Crippen molar-refractivity contribution in [1.82, 2.24) is 0 Å². The molecular weight excluding hydrogens is 542 g/mol. The molecule has 1 N–H and O–H groups in total. The first-order valence-corrected chi connectivity index (χ1v) is 14.9. The van der Waals surface area contributed by atoms with Gasteiger partial charge in [-0.15, -0.1) is 0 Å². The summed E-state index contributed by atoms with van der Waals surface area (Å²) in [7, 11) is -6.88. The first-order chi connectivity index (χ1) is 17.6. The van der Waals surface area contributed by atoms with Crippen molar-refractivity contribution in [2.45, 2.75) is 9.79 Å². The summed E-state index contributed by atoms with van der Waals surface area (Å²) >= 11 is 0. The van der Waals surface area contributed by atoms with Gasteiger partial charge in [0.2, 0.25) is 0 Å². The van der Waals surface area contributed by atoms with Crippen LogP contribution in [0.25, 0.3) is 0 Å². The molecule has 0 atom stereocenters. The number of hydrogen-bond donors (Lipinski definition) is 1. The molecule has 8 nitrogen and oxygen atoms in total. The van der Waals surface area contributed by atoms with Crippen LogP contribution in [-0.2, 0) is 20.2 Å². The van der Waals surface area contributed by atoms with E-state index in [1.165, 1.54) is 30.3 Å². The van der Waals surface area contributed by atoms with Gasteiger partial charge in [0.15, 0.2) is 0 Å². The van der Waals surface area contributed by atoms with Crippen LogP contribution in [0.5, 0.6) is 11.5 Å². The van der Waals surface area contributed by atoms with Crippen LogP contribution in [0.3, 0.4) is 0 Å². The van der Waals surface area contributed by atoms with Gasteiger partial charge in [-0.05, 0) is 38.3 Å². The Hall–Kier alpha value is -2.67. The molecule has 194 valence electrons. The fourth-order valence-corrected chi connectivity index (χ4v) is 7.71. The van der Waals surface area contributed by atoms with Gasteiger partial charge in [0, 0.05) is 15.9 Å². The van der Waals surface area contributed by atoms with Crippen molar-refractivity contribution in [2.75, 3.05) is 14.2 Å². The molecule has 0 aliphatic heterocycles. The molecule has 4 aromatic rings. The molecule has 0 unspecified atom stereocenters. The fourth-order valence-electron chi connectivity index (χ4n) is 3.47. The monoisotopic (exact) mass is 566 g/mol. The number of ether oxygens (including phenoxy) is 2. The fraction of sp³-hybridized carbons (Fsp3) is 0.0769. The predicted octanol–water partition coefficient (Wildman–Crippen LogP) is 0.303. The van der Waals surface area contributed by atoms with Gasteiger partial charge in [-0.3, -0.25) is 4.55 Å². The Labute approximate surface area is 236 Å². The smallest absolute Gasteiger partial charge is 0.744 e. The second-order valence-corrected chi connectivity index (χ2v) is 12.3. The van der Waals surface area contributed by atoms with E-state index in [2.05, 4.69) is 0 Å². The number of para-hydroxylation sites is 2. The second-order valence-electron chi connectivity index (χ2n) is 7.39. The molecule has 0 aromatic heterocycles. The molecule has 0 fully saturated rings. The van der Waals surface area contributed by atoms with Crippen molar-refractivity contribution in [2.24, 2.45) is 0 Å². The van der Waals surface area contributed by atoms with Gasteiger partial charge in [0.25, 0.3) is 10.1 Å². The zero-order valence-corrected chi connectivity index (χ0v) is 23.4. The van der Waals surface area contributed by atoms with Gasteiger partial charge in [0.1, 0.15) is 26.5 Å². The first kappa shape index (κ1) is 31.5. The first-order valence-electron chi connectivity index (χ1n) is 10.7. The normalized spacial score (nSPS) is 11.1. The van der Waals surface area contributed by atoms with Gasteiger partial charge in [-0.1, -0.05) is 72.8 Å². The molecule has 0 heterocycles. The standard InChI is InChI=1S/C20H19O5PS.C6H6O3S.Li/c1-24-15-9-3-5-11-17(15)26(18-12-6-4-10-16(18)25-2)19-13-7-8-14-20(19)27(21,22)23;7-10(8,9)6-4-2-1-3-5-6;/h3-14H,1-2H3,(H,21,22,23);1-5H,(H,7,8,9);/q;;+1/p-1. The van der Waals surface area contributed by atoms with Crippen molar-refractivity contribution in [3.8, 4) is 11.5 Å². The van der Waals surface area contributed by atoms with Crippen LogP contribution in [0.4, 0.5) is 0 Å². The molecule has 4 rings (SSSR count). The molecule has 38 heavy (non-hydrogen) atoms. The second kappa shape index (κ2) is 13.9. The summed E-state index contributed by atoms with van der Waals surface area (Å²) in [6.45, 7) is 0. The van der Waals surface area contributed by atoms with E-state index in [4.69, 9.17) is 9.47 Å². The minimum atomic E-state index is -4.40. The summed E-state index contributed by atoms with van der Waals surface area (Å²) in [4.78, 5) is -0.303. The molecular formula is C26H24LiO8PS2. The summed E-state index contributed by atoms with van der Waals surface area (Å²) in [5, 5.41) is 2.16. The Morgan fingerprint density at radius 2 is 1.03 bits per heavy atom. The van der Waals surface area contributed by atoms with Crippen molar-refractivity contribution in [1.29, 1.82) is 0 Å². The molecule has 0 saturated heterocycles. The maximum Gasteiger partial charge on any atom is 1.00 e. The van der Waals surface area contributed by atoms with Gasteiger partial charge < -0.3 is 14.0 Å². The van der Waals surface area contributed by atoms with E-state index in [1.807, 2.05) is 48.5 Å². The maximum absolute atomic E-state index is 12.0. The van der Waals surface area contributed by atoms with E-state index in [0.29, 0.717) is 16.8 Å². The van der Waals surface area contributed by atoms with Crippen LogP contribution in [0.2, 0.25) is 0 Å². The Bertz CT molecular complexity index is 1520. The van der Waals surface area contributed by atoms with Crippen LogP contribution in [0, 0.1) is 0 Å². The zero-order valence-electron chi connectivity index (χ0n) is 20.9. The Kier molecular flexibility index (Phi) is 11.6. The van der Waals surface area contributed by atoms with Crippen LogP contribution in [-0.4, -0.2) is 40.2 Å². The summed E-state index contributed by atoms with van der Waals surface area (Å²) in [6, 6.07) is 28.6. The van der Waals surface area contributed by atoms with Gasteiger partial charge in [-0.25, -0.2) is 8.42 Å². The van der Waals surface area contributed by atoms with Crippen molar-refractivity contribution in [3.63, 3.8) is 0 Å². The zero-order chi connectivity index (χ0) is 27.1. The third-order valence-corrected chi connectivity index (χ3v) is 9.56. The maximum atomic E-state index is 12.0. The molecule has 0 aliphatic carbocycles. The quantitative estimate of drug-likeness (QED) is 0.192. The van der Waals surface area contributed by atoms with Gasteiger partial charge >= 0.3 is 18.9 Å². The van der Waals surface area contributed by atoms with E-state index in [0.717, 1.165) is 10.6 Å². The van der Waals surface area contributed by atoms with E-state index in [1.54, 1.807) is 38.5 Å². The molecule has 0 saturated carbocycles. The Morgan fingerprint density at radius 1 is 0.632 bits per heavy atom. The molecule has 12 heteroatoms. The molecule has 0 amide bonds. The third kappa shape index (κ3) is 7.92. The van der Waals surface area contributed by atoms with Crippen molar-refractivity contribution < 1.29 is 54.3 Å². The van der Waals surface area contributed by atoms with Crippen LogP contribution < -0.4 is 44.2 Å². The number of benzene rings is 4. The number of rotatable bonds is 7. The number of hydrogen-bond acceptors (Lipinski definition) is 7. The predicted molar refractivity (Wildman–Crippen MR) is 142 cm³/mol. The van der Waals surface area contributed by atoms with Gasteiger partial charge in [-0.2, -0.15) is 8.42 Å². The molecule has 0 radical (unpaired) electrons. The van der Waals surface area contributed by atoms with Crippen molar-refractivity contribution in [3.05, 3.63) is 103 Å². The average Bonchev–Trinajstić information content (AvgIpc) is 2.89. The Morgan fingerprint density at radius 3 is 1.42 bits per heavy atom. The molecule has 0 spiro atoms.